The number of carboxylic acids is 1. The van der Waals surface area contributed by atoms with Gasteiger partial charge in [0.2, 0.25) is 0 Å². The molecule has 0 amide bonds. The number of carbonyl (C=O) groups is 2. The van der Waals surface area contributed by atoms with Crippen molar-refractivity contribution >= 4 is 11.8 Å². The molecule has 0 aromatic rings. The monoisotopic (exact) mass is 326 g/mol. The summed E-state index contributed by atoms with van der Waals surface area (Å²) in [6.45, 7) is 3.47. The van der Waals surface area contributed by atoms with Crippen molar-refractivity contribution < 1.29 is 14.7 Å². The van der Waals surface area contributed by atoms with E-state index in [1.165, 1.54) is 0 Å². The second-order valence-electron chi connectivity index (χ2n) is 7.06. The van der Waals surface area contributed by atoms with Crippen molar-refractivity contribution in [3.05, 3.63) is 0 Å². The van der Waals surface area contributed by atoms with E-state index in [1.807, 2.05) is 6.92 Å². The average molecular weight is 326 g/mol. The minimum Gasteiger partial charge on any atom is -0.481 e. The zero-order chi connectivity index (χ0) is 17.2. The highest BCUT2D eigenvalue weighted by molar-refractivity contribution is 5.80. The number of aliphatic carboxylic acids is 1. The van der Waals surface area contributed by atoms with E-state index >= 15 is 0 Å². The predicted molar refractivity (Wildman–Crippen MR) is 91.9 cm³/mol. The number of rotatable bonds is 5. The smallest absolute Gasteiger partial charge is 0.306 e. The first-order valence-corrected chi connectivity index (χ1v) is 9.17. The van der Waals surface area contributed by atoms with Gasteiger partial charge in [-0.15, -0.1) is 0 Å². The van der Waals surface area contributed by atoms with Gasteiger partial charge in [-0.25, -0.2) is 0 Å². The van der Waals surface area contributed by atoms with E-state index in [0.717, 1.165) is 57.9 Å². The standard InChI is InChI=1S/C10H19NO.C8H15NO2/c1-2-10(12)9-5-3-8(7-11)4-6-9;9-5-6-1-3-7(4-2-6)8(10)11/h8-9H,2-7,11H2,1H3;6-7H,1-5,9H2,(H,10,11). The first-order valence-electron chi connectivity index (χ1n) is 9.17. The third-order valence-electron chi connectivity index (χ3n) is 5.51. The van der Waals surface area contributed by atoms with Crippen molar-refractivity contribution in [3.8, 4) is 0 Å². The van der Waals surface area contributed by atoms with Crippen LogP contribution in [-0.4, -0.2) is 29.9 Å². The summed E-state index contributed by atoms with van der Waals surface area (Å²) in [4.78, 5) is 21.8. The van der Waals surface area contributed by atoms with Crippen LogP contribution >= 0.6 is 0 Å². The molecule has 2 saturated carbocycles. The van der Waals surface area contributed by atoms with Crippen LogP contribution in [0.15, 0.2) is 0 Å². The largest absolute Gasteiger partial charge is 0.481 e. The van der Waals surface area contributed by atoms with Crippen molar-refractivity contribution in [2.45, 2.75) is 64.7 Å². The lowest BCUT2D eigenvalue weighted by atomic mass is 9.79. The minimum absolute atomic E-state index is 0.0993. The summed E-state index contributed by atoms with van der Waals surface area (Å²) in [6, 6.07) is 0. The number of carbonyl (C=O) groups excluding carboxylic acids is 1. The van der Waals surface area contributed by atoms with Gasteiger partial charge in [0, 0.05) is 12.3 Å². The van der Waals surface area contributed by atoms with Crippen molar-refractivity contribution in [2.24, 2.45) is 35.1 Å². The van der Waals surface area contributed by atoms with Crippen LogP contribution < -0.4 is 11.5 Å². The molecule has 0 aliphatic heterocycles. The van der Waals surface area contributed by atoms with Gasteiger partial charge in [-0.2, -0.15) is 0 Å². The maximum absolute atomic E-state index is 11.3. The molecule has 5 nitrogen and oxygen atoms in total. The molecular formula is C18H34N2O3. The van der Waals surface area contributed by atoms with Gasteiger partial charge in [-0.1, -0.05) is 6.92 Å². The Morgan fingerprint density at radius 1 is 0.826 bits per heavy atom. The molecule has 0 aromatic carbocycles. The maximum Gasteiger partial charge on any atom is 0.306 e. The van der Waals surface area contributed by atoms with E-state index in [-0.39, 0.29) is 5.92 Å². The molecule has 2 rings (SSSR count). The summed E-state index contributed by atoms with van der Waals surface area (Å²) in [7, 11) is 0. The molecule has 2 aliphatic rings. The molecule has 0 spiro atoms. The Morgan fingerprint density at radius 3 is 1.52 bits per heavy atom. The third-order valence-corrected chi connectivity index (χ3v) is 5.51. The van der Waals surface area contributed by atoms with Gasteiger partial charge in [-0.3, -0.25) is 9.59 Å². The Hall–Kier alpha value is -0.940. The number of nitrogens with two attached hydrogens (primary N) is 2. The number of carboxylic acid groups (broad SMARTS) is 1. The van der Waals surface area contributed by atoms with Crippen molar-refractivity contribution in [1.29, 1.82) is 0 Å². The van der Waals surface area contributed by atoms with Crippen LogP contribution in [0.1, 0.15) is 64.7 Å². The van der Waals surface area contributed by atoms with E-state index in [9.17, 15) is 9.59 Å². The Morgan fingerprint density at radius 2 is 1.22 bits per heavy atom. The predicted octanol–water partition coefficient (Wildman–Crippen LogP) is 2.57. The van der Waals surface area contributed by atoms with E-state index in [1.54, 1.807) is 0 Å². The molecule has 5 N–H and O–H groups in total. The first kappa shape index (κ1) is 20.1. The molecule has 0 heterocycles. The number of ketones is 1. The second kappa shape index (κ2) is 10.8. The van der Waals surface area contributed by atoms with Gasteiger partial charge < -0.3 is 16.6 Å². The molecule has 0 radical (unpaired) electrons. The highest BCUT2D eigenvalue weighted by Crippen LogP contribution is 2.29. The molecule has 0 atom stereocenters. The van der Waals surface area contributed by atoms with Gasteiger partial charge >= 0.3 is 5.97 Å². The highest BCUT2D eigenvalue weighted by atomic mass is 16.4. The molecule has 0 aromatic heterocycles. The second-order valence-corrected chi connectivity index (χ2v) is 7.06. The molecule has 5 heteroatoms. The molecule has 0 saturated heterocycles. The maximum atomic E-state index is 11.3. The lowest BCUT2D eigenvalue weighted by molar-refractivity contribution is -0.143. The lowest BCUT2D eigenvalue weighted by Gasteiger charge is -2.26. The zero-order valence-electron chi connectivity index (χ0n) is 14.5. The van der Waals surface area contributed by atoms with Crippen LogP contribution in [0.5, 0.6) is 0 Å². The van der Waals surface area contributed by atoms with E-state index in [0.29, 0.717) is 36.5 Å². The molecule has 2 fully saturated rings. The van der Waals surface area contributed by atoms with Gasteiger partial charge in [0.15, 0.2) is 0 Å². The fraction of sp³-hybridized carbons (Fsp3) is 0.889. The summed E-state index contributed by atoms with van der Waals surface area (Å²) in [6.07, 6.45) is 8.80. The van der Waals surface area contributed by atoms with E-state index in [4.69, 9.17) is 16.6 Å². The van der Waals surface area contributed by atoms with Crippen molar-refractivity contribution in [1.82, 2.24) is 0 Å². The molecule has 2 aliphatic carbocycles. The fourth-order valence-corrected chi connectivity index (χ4v) is 3.65. The molecule has 23 heavy (non-hydrogen) atoms. The third kappa shape index (κ3) is 7.00. The summed E-state index contributed by atoms with van der Waals surface area (Å²) < 4.78 is 0. The average Bonchev–Trinajstić information content (AvgIpc) is 2.61. The van der Waals surface area contributed by atoms with Gasteiger partial charge in [0.1, 0.15) is 5.78 Å². The van der Waals surface area contributed by atoms with Crippen LogP contribution in [0.3, 0.4) is 0 Å². The normalized spacial score (nSPS) is 30.9. The van der Waals surface area contributed by atoms with Crippen molar-refractivity contribution in [2.75, 3.05) is 13.1 Å². The van der Waals surface area contributed by atoms with Gasteiger partial charge in [0.25, 0.3) is 0 Å². The summed E-state index contributed by atoms with van der Waals surface area (Å²) in [5, 5.41) is 8.67. The molecule has 134 valence electrons. The molecular weight excluding hydrogens is 292 g/mol. The number of hydrogen-bond acceptors (Lipinski definition) is 4. The van der Waals surface area contributed by atoms with Crippen LogP contribution in [-0.2, 0) is 9.59 Å². The van der Waals surface area contributed by atoms with E-state index in [2.05, 4.69) is 0 Å². The number of Topliss-reactive ketones (excluding diaryl/α,β-unsaturated/α-hetero) is 1. The Balaban J connectivity index is 0.000000231. The Kier molecular flexibility index (Phi) is 9.41. The van der Waals surface area contributed by atoms with Gasteiger partial charge in [-0.05, 0) is 76.3 Å². The SMILES string of the molecule is CCC(=O)C1CCC(CN)CC1.NCC1CCC(C(=O)O)CC1. The lowest BCUT2D eigenvalue weighted by Crippen LogP contribution is -2.25. The highest BCUT2D eigenvalue weighted by Gasteiger charge is 2.25. The quantitative estimate of drug-likeness (QED) is 0.720. The molecule has 0 unspecified atom stereocenters. The fourth-order valence-electron chi connectivity index (χ4n) is 3.65. The Labute approximate surface area is 140 Å². The Bertz CT molecular complexity index is 357. The van der Waals surface area contributed by atoms with E-state index < -0.39 is 5.97 Å². The van der Waals surface area contributed by atoms with Crippen LogP contribution in [0.4, 0.5) is 0 Å². The topological polar surface area (TPSA) is 106 Å². The van der Waals surface area contributed by atoms with Crippen LogP contribution in [0.25, 0.3) is 0 Å². The number of hydrogen-bond donors (Lipinski definition) is 3. The zero-order valence-corrected chi connectivity index (χ0v) is 14.5. The van der Waals surface area contributed by atoms with Crippen molar-refractivity contribution in [3.63, 3.8) is 0 Å². The van der Waals surface area contributed by atoms with Crippen LogP contribution in [0, 0.1) is 23.7 Å². The van der Waals surface area contributed by atoms with Gasteiger partial charge in [0.05, 0.1) is 5.92 Å². The minimum atomic E-state index is -0.638. The van der Waals surface area contributed by atoms with Crippen LogP contribution in [0.2, 0.25) is 0 Å². The first-order chi connectivity index (χ1) is 11.0. The summed E-state index contributed by atoms with van der Waals surface area (Å²) >= 11 is 0. The molecule has 0 bridgehead atoms. The summed E-state index contributed by atoms with van der Waals surface area (Å²) in [5.74, 6) is 1.33. The summed E-state index contributed by atoms with van der Waals surface area (Å²) in [5.41, 5.74) is 11.0.